The van der Waals surface area contributed by atoms with Gasteiger partial charge in [-0.05, 0) is 61.7 Å². The van der Waals surface area contributed by atoms with E-state index in [1.54, 1.807) is 36.4 Å². The molecular weight excluding hydrogens is 560 g/mol. The van der Waals surface area contributed by atoms with Gasteiger partial charge in [0, 0.05) is 18.5 Å². The molecule has 1 saturated heterocycles. The van der Waals surface area contributed by atoms with E-state index in [2.05, 4.69) is 13.8 Å². The summed E-state index contributed by atoms with van der Waals surface area (Å²) in [6.45, 7) is 10.8. The van der Waals surface area contributed by atoms with Gasteiger partial charge >= 0.3 is 0 Å². The SMILES string of the molecule is CCOc1cc(C2C(=C([O-])c3ccc4c(c3)OCCO4)C(=O)C(=O)N2CCC[NH+](CC)CC)ccc1OCc1ccccc1. The molecule has 2 aliphatic rings. The molecule has 0 bridgehead atoms. The number of carbonyl (C=O) groups excluding carboxylic acids is 2. The zero-order chi connectivity index (χ0) is 31.1. The number of nitrogens with zero attached hydrogens (tertiary/aromatic N) is 1. The molecule has 0 aromatic heterocycles. The maximum Gasteiger partial charge on any atom is 0.295 e. The fourth-order valence-electron chi connectivity index (χ4n) is 5.71. The van der Waals surface area contributed by atoms with Crippen LogP contribution in [0.4, 0.5) is 0 Å². The number of likely N-dealkylation sites (tertiary alicyclic amines) is 1. The molecule has 2 heterocycles. The Bertz CT molecular complexity index is 1500. The van der Waals surface area contributed by atoms with Crippen molar-refractivity contribution in [3.05, 3.63) is 89.0 Å². The minimum absolute atomic E-state index is 0.0812. The van der Waals surface area contributed by atoms with Gasteiger partial charge in [0.1, 0.15) is 19.8 Å². The Hall–Kier alpha value is -4.50. The first-order valence-corrected chi connectivity index (χ1v) is 15.4. The number of rotatable bonds is 13. The van der Waals surface area contributed by atoms with Crippen LogP contribution >= 0.6 is 0 Å². The fraction of sp³-hybridized carbons (Fsp3) is 0.371. The Labute approximate surface area is 258 Å². The highest BCUT2D eigenvalue weighted by Crippen LogP contribution is 2.42. The van der Waals surface area contributed by atoms with E-state index in [0.717, 1.165) is 25.2 Å². The number of fused-ring (bicyclic) bond motifs is 1. The van der Waals surface area contributed by atoms with Crippen LogP contribution in [0.1, 0.15) is 49.9 Å². The molecule has 0 aliphatic carbocycles. The molecule has 1 N–H and O–H groups in total. The predicted molar refractivity (Wildman–Crippen MR) is 164 cm³/mol. The normalized spacial score (nSPS) is 17.3. The molecule has 5 rings (SSSR count). The third-order valence-corrected chi connectivity index (χ3v) is 8.08. The predicted octanol–water partition coefficient (Wildman–Crippen LogP) is 2.97. The monoisotopic (exact) mass is 600 g/mol. The summed E-state index contributed by atoms with van der Waals surface area (Å²) in [5, 5.41) is 14.0. The molecule has 9 nitrogen and oxygen atoms in total. The first-order valence-electron chi connectivity index (χ1n) is 15.4. The number of ketones is 1. The third-order valence-electron chi connectivity index (χ3n) is 8.08. The molecule has 3 aromatic carbocycles. The molecule has 1 amide bonds. The Kier molecular flexibility index (Phi) is 10.1. The van der Waals surface area contributed by atoms with Crippen LogP contribution in [0.2, 0.25) is 0 Å². The van der Waals surface area contributed by atoms with Crippen LogP contribution in [-0.4, -0.2) is 62.6 Å². The van der Waals surface area contributed by atoms with Crippen molar-refractivity contribution in [2.45, 2.75) is 39.8 Å². The Morgan fingerprint density at radius 1 is 0.909 bits per heavy atom. The minimum atomic E-state index is -0.871. The van der Waals surface area contributed by atoms with Crippen LogP contribution in [-0.2, 0) is 16.2 Å². The van der Waals surface area contributed by atoms with Gasteiger partial charge in [-0.15, -0.1) is 0 Å². The molecule has 44 heavy (non-hydrogen) atoms. The van der Waals surface area contributed by atoms with Gasteiger partial charge in [0.15, 0.2) is 23.0 Å². The Balaban J connectivity index is 1.53. The lowest BCUT2D eigenvalue weighted by Gasteiger charge is -2.29. The quantitative estimate of drug-likeness (QED) is 0.183. The van der Waals surface area contributed by atoms with E-state index in [9.17, 15) is 14.7 Å². The van der Waals surface area contributed by atoms with Crippen molar-refractivity contribution in [3.8, 4) is 23.0 Å². The van der Waals surface area contributed by atoms with E-state index >= 15 is 0 Å². The number of amides is 1. The second kappa shape index (κ2) is 14.3. The third kappa shape index (κ3) is 6.68. The van der Waals surface area contributed by atoms with Gasteiger partial charge in [-0.1, -0.05) is 48.2 Å². The summed E-state index contributed by atoms with van der Waals surface area (Å²) >= 11 is 0. The van der Waals surface area contributed by atoms with Gasteiger partial charge in [-0.3, -0.25) is 9.59 Å². The Morgan fingerprint density at radius 3 is 2.39 bits per heavy atom. The van der Waals surface area contributed by atoms with Crippen LogP contribution < -0.4 is 29.0 Å². The molecule has 2 aliphatic heterocycles. The molecule has 3 aromatic rings. The van der Waals surface area contributed by atoms with Gasteiger partial charge in [-0.25, -0.2) is 0 Å². The average Bonchev–Trinajstić information content (AvgIpc) is 3.31. The smallest absolute Gasteiger partial charge is 0.295 e. The van der Waals surface area contributed by atoms with Gasteiger partial charge in [0.05, 0.1) is 32.3 Å². The first-order chi connectivity index (χ1) is 21.4. The van der Waals surface area contributed by atoms with Crippen LogP contribution in [0.25, 0.3) is 5.76 Å². The summed E-state index contributed by atoms with van der Waals surface area (Å²) in [5.41, 5.74) is 1.80. The van der Waals surface area contributed by atoms with Crippen molar-refractivity contribution in [1.29, 1.82) is 0 Å². The average molecular weight is 601 g/mol. The van der Waals surface area contributed by atoms with Gasteiger partial charge in [-0.2, -0.15) is 0 Å². The van der Waals surface area contributed by atoms with Crippen molar-refractivity contribution >= 4 is 17.4 Å². The first kappa shape index (κ1) is 30.9. The lowest BCUT2D eigenvalue weighted by Crippen LogP contribution is -3.11. The molecule has 0 spiro atoms. The molecule has 232 valence electrons. The number of hydrogen-bond acceptors (Lipinski definition) is 7. The highest BCUT2D eigenvalue weighted by atomic mass is 16.6. The molecule has 1 atom stereocenters. The molecule has 9 heteroatoms. The largest absolute Gasteiger partial charge is 0.872 e. The standard InChI is InChI=1S/C35H40N2O7/c1-4-36(5-2)17-10-18-37-32(25-13-15-28(29(21-25)41-6-3)44-23-24-11-8-7-9-12-24)31(34(39)35(37)40)33(38)26-14-16-27-30(22-26)43-20-19-42-27/h7-9,11-16,21-22,32,38H,4-6,10,17-20,23H2,1-3H3. The maximum atomic E-state index is 14.0. The number of benzene rings is 3. The van der Waals surface area contributed by atoms with Crippen molar-refractivity contribution in [2.75, 3.05) is 46.0 Å². The summed E-state index contributed by atoms with van der Waals surface area (Å²) in [6.07, 6.45) is 0.689. The summed E-state index contributed by atoms with van der Waals surface area (Å²) in [5.74, 6) is 0.0208. The molecule has 0 saturated carbocycles. The number of quaternary nitrogens is 1. The van der Waals surface area contributed by atoms with Crippen LogP contribution in [0.5, 0.6) is 23.0 Å². The Morgan fingerprint density at radius 2 is 1.66 bits per heavy atom. The molecular formula is C35H40N2O7. The summed E-state index contributed by atoms with van der Waals surface area (Å²) in [4.78, 5) is 30.0. The lowest BCUT2D eigenvalue weighted by atomic mass is 9.94. The van der Waals surface area contributed by atoms with E-state index in [1.165, 1.54) is 9.80 Å². The zero-order valence-corrected chi connectivity index (χ0v) is 25.6. The number of carbonyl (C=O) groups is 2. The lowest BCUT2D eigenvalue weighted by molar-refractivity contribution is -0.896. The van der Waals surface area contributed by atoms with E-state index < -0.39 is 23.5 Å². The number of nitrogens with one attached hydrogen (secondary N) is 1. The van der Waals surface area contributed by atoms with Gasteiger partial charge in [0.25, 0.3) is 5.91 Å². The van der Waals surface area contributed by atoms with Crippen LogP contribution in [0.15, 0.2) is 72.3 Å². The fourth-order valence-corrected chi connectivity index (χ4v) is 5.71. The maximum absolute atomic E-state index is 14.0. The van der Waals surface area contributed by atoms with Crippen molar-refractivity contribution in [3.63, 3.8) is 0 Å². The molecule has 0 radical (unpaired) electrons. The topological polar surface area (TPSA) is 102 Å². The van der Waals surface area contributed by atoms with Crippen LogP contribution in [0.3, 0.4) is 0 Å². The van der Waals surface area contributed by atoms with E-state index in [4.69, 9.17) is 18.9 Å². The summed E-state index contributed by atoms with van der Waals surface area (Å²) < 4.78 is 23.3. The van der Waals surface area contributed by atoms with Crippen LogP contribution in [0, 0.1) is 0 Å². The summed E-state index contributed by atoms with van der Waals surface area (Å²) in [7, 11) is 0. The highest BCUT2D eigenvalue weighted by Gasteiger charge is 2.44. The van der Waals surface area contributed by atoms with Crippen molar-refractivity contribution < 1.29 is 38.5 Å². The zero-order valence-electron chi connectivity index (χ0n) is 25.6. The van der Waals surface area contributed by atoms with E-state index in [0.29, 0.717) is 68.0 Å². The van der Waals surface area contributed by atoms with E-state index in [-0.39, 0.29) is 11.1 Å². The second-order valence-corrected chi connectivity index (χ2v) is 10.8. The number of ether oxygens (including phenoxy) is 4. The van der Waals surface area contributed by atoms with Gasteiger partial charge < -0.3 is 33.9 Å². The van der Waals surface area contributed by atoms with Crippen molar-refractivity contribution in [1.82, 2.24) is 4.90 Å². The minimum Gasteiger partial charge on any atom is -0.872 e. The van der Waals surface area contributed by atoms with Crippen molar-refractivity contribution in [2.24, 2.45) is 0 Å². The van der Waals surface area contributed by atoms with Gasteiger partial charge in [0.2, 0.25) is 5.78 Å². The highest BCUT2D eigenvalue weighted by molar-refractivity contribution is 6.46. The number of hydrogen-bond donors (Lipinski definition) is 1. The van der Waals surface area contributed by atoms with E-state index in [1.807, 2.05) is 37.3 Å². The number of Topliss-reactive ketones (excluding diaryl/α,β-unsaturated/α-hetero) is 1. The molecule has 1 fully saturated rings. The summed E-state index contributed by atoms with van der Waals surface area (Å²) in [6, 6.07) is 19.1. The molecule has 1 unspecified atom stereocenters. The second-order valence-electron chi connectivity index (χ2n) is 10.8.